The smallest absolute Gasteiger partial charge is 0.407 e. The van der Waals surface area contributed by atoms with Crippen LogP contribution in [0.2, 0.25) is 0 Å². The summed E-state index contributed by atoms with van der Waals surface area (Å²) in [7, 11) is 1.64. The first-order chi connectivity index (χ1) is 15.6. The van der Waals surface area contributed by atoms with Gasteiger partial charge in [-0.15, -0.1) is 0 Å². The van der Waals surface area contributed by atoms with Crippen molar-refractivity contribution in [2.75, 3.05) is 20.2 Å². The summed E-state index contributed by atoms with van der Waals surface area (Å²) in [5.41, 5.74) is 3.86. The number of hydrogen-bond donors (Lipinski definition) is 1. The number of carbonyl (C=O) groups is 1. The molecule has 1 saturated heterocycles. The maximum absolute atomic E-state index is 13.5. The number of pyridine rings is 1. The predicted octanol–water partition coefficient (Wildman–Crippen LogP) is 3.79. The van der Waals surface area contributed by atoms with E-state index in [9.17, 15) is 14.7 Å². The molecule has 2 aromatic carbocycles. The van der Waals surface area contributed by atoms with Gasteiger partial charge >= 0.3 is 11.8 Å². The van der Waals surface area contributed by atoms with Crippen molar-refractivity contribution in [2.24, 2.45) is 0 Å². The van der Waals surface area contributed by atoms with Gasteiger partial charge in [-0.1, -0.05) is 24.3 Å². The highest BCUT2D eigenvalue weighted by Crippen LogP contribution is 2.27. The van der Waals surface area contributed by atoms with E-state index in [1.54, 1.807) is 28.5 Å². The molecule has 1 amide bonds. The number of rotatable bonds is 4. The average molecular weight is 430 g/mol. The van der Waals surface area contributed by atoms with E-state index >= 15 is 0 Å². The molecule has 0 aliphatic carbocycles. The molecule has 8 nitrogen and oxygen atoms in total. The normalized spacial score (nSPS) is 15.9. The quantitative estimate of drug-likeness (QED) is 0.532. The lowest BCUT2D eigenvalue weighted by Gasteiger charge is -2.13. The Balaban J connectivity index is 1.55. The lowest BCUT2D eigenvalue weighted by atomic mass is 10.1. The molecule has 4 aromatic rings. The Morgan fingerprint density at radius 2 is 1.75 bits per heavy atom. The minimum Gasteiger partial charge on any atom is -0.497 e. The van der Waals surface area contributed by atoms with Crippen LogP contribution in [-0.4, -0.2) is 50.4 Å². The third-order valence-electron chi connectivity index (χ3n) is 5.98. The maximum Gasteiger partial charge on any atom is 0.407 e. The van der Waals surface area contributed by atoms with Crippen molar-refractivity contribution in [3.05, 3.63) is 77.3 Å². The summed E-state index contributed by atoms with van der Waals surface area (Å²) in [6.07, 6.45) is 1.27. The van der Waals surface area contributed by atoms with E-state index in [1.807, 2.05) is 54.6 Å². The lowest BCUT2D eigenvalue weighted by molar-refractivity contribution is 0.154. The number of aromatic nitrogens is 3. The second-order valence-electron chi connectivity index (χ2n) is 7.78. The Kier molecular flexibility index (Phi) is 4.89. The molecule has 1 atom stereocenters. The molecule has 3 heterocycles. The zero-order valence-corrected chi connectivity index (χ0v) is 17.5. The zero-order valence-electron chi connectivity index (χ0n) is 17.5. The van der Waals surface area contributed by atoms with E-state index in [2.05, 4.69) is 4.98 Å². The van der Waals surface area contributed by atoms with Crippen molar-refractivity contribution in [1.82, 2.24) is 19.0 Å². The van der Waals surface area contributed by atoms with E-state index in [0.717, 1.165) is 22.6 Å². The van der Waals surface area contributed by atoms with Crippen LogP contribution in [-0.2, 0) is 0 Å². The Hall–Kier alpha value is -4.07. The highest BCUT2D eigenvalue weighted by atomic mass is 16.5. The summed E-state index contributed by atoms with van der Waals surface area (Å²) < 4.78 is 8.50. The molecule has 5 rings (SSSR count). The fourth-order valence-electron chi connectivity index (χ4n) is 4.34. The summed E-state index contributed by atoms with van der Waals surface area (Å²) in [6, 6.07) is 19.0. The van der Waals surface area contributed by atoms with Crippen LogP contribution >= 0.6 is 0 Å². The van der Waals surface area contributed by atoms with Crippen LogP contribution in [0.4, 0.5) is 4.79 Å². The van der Waals surface area contributed by atoms with Gasteiger partial charge in [0.2, 0.25) is 0 Å². The Morgan fingerprint density at radius 3 is 2.38 bits per heavy atom. The van der Waals surface area contributed by atoms with Crippen LogP contribution in [0.15, 0.2) is 71.7 Å². The summed E-state index contributed by atoms with van der Waals surface area (Å²) in [6.45, 7) is 0.684. The fourth-order valence-corrected chi connectivity index (χ4v) is 4.34. The summed E-state index contributed by atoms with van der Waals surface area (Å²) in [5.74, 6) is 0.797. The van der Waals surface area contributed by atoms with Crippen molar-refractivity contribution >= 4 is 17.3 Å². The van der Waals surface area contributed by atoms with Gasteiger partial charge in [0.1, 0.15) is 5.75 Å². The van der Waals surface area contributed by atoms with Crippen LogP contribution in [0.5, 0.6) is 5.75 Å². The number of hydrogen-bond acceptors (Lipinski definition) is 4. The third-order valence-corrected chi connectivity index (χ3v) is 5.98. The Bertz CT molecular complexity index is 1340. The predicted molar refractivity (Wildman–Crippen MR) is 121 cm³/mol. The van der Waals surface area contributed by atoms with Gasteiger partial charge in [0.05, 0.1) is 24.4 Å². The van der Waals surface area contributed by atoms with Gasteiger partial charge in [-0.2, -0.15) is 0 Å². The largest absolute Gasteiger partial charge is 0.497 e. The highest BCUT2D eigenvalue weighted by molar-refractivity contribution is 5.75. The minimum absolute atomic E-state index is 0.215. The lowest BCUT2D eigenvalue weighted by Crippen LogP contribution is -2.31. The summed E-state index contributed by atoms with van der Waals surface area (Å²) in [4.78, 5) is 30.6. The summed E-state index contributed by atoms with van der Waals surface area (Å²) >= 11 is 0. The third kappa shape index (κ3) is 3.30. The van der Waals surface area contributed by atoms with E-state index in [1.165, 1.54) is 4.90 Å². The first-order valence-corrected chi connectivity index (χ1v) is 10.4. The molecule has 32 heavy (non-hydrogen) atoms. The van der Waals surface area contributed by atoms with Gasteiger partial charge in [-0.05, 0) is 53.9 Å². The SMILES string of the molecule is COc1ccc(-c2ccc(-n3c(=O)n(C4CCN(C(=O)O)C4)c4ncccc43)cc2)cc1. The molecule has 0 spiro atoms. The van der Waals surface area contributed by atoms with Crippen molar-refractivity contribution in [3.63, 3.8) is 0 Å². The van der Waals surface area contributed by atoms with Crippen molar-refractivity contribution < 1.29 is 14.6 Å². The molecular weight excluding hydrogens is 408 g/mol. The van der Waals surface area contributed by atoms with Gasteiger partial charge in [-0.3, -0.25) is 9.13 Å². The number of benzene rings is 2. The fraction of sp³-hybridized carbons (Fsp3) is 0.208. The van der Waals surface area contributed by atoms with Crippen LogP contribution in [0.1, 0.15) is 12.5 Å². The van der Waals surface area contributed by atoms with Crippen molar-refractivity contribution in [2.45, 2.75) is 12.5 Å². The van der Waals surface area contributed by atoms with E-state index in [-0.39, 0.29) is 18.3 Å². The van der Waals surface area contributed by atoms with Crippen molar-refractivity contribution in [1.29, 1.82) is 0 Å². The van der Waals surface area contributed by atoms with Crippen molar-refractivity contribution in [3.8, 4) is 22.6 Å². The minimum atomic E-state index is -0.966. The van der Waals surface area contributed by atoms with Gasteiger partial charge in [0, 0.05) is 19.3 Å². The number of fused-ring (bicyclic) bond motifs is 1. The van der Waals surface area contributed by atoms with Crippen LogP contribution < -0.4 is 10.4 Å². The van der Waals surface area contributed by atoms with E-state index in [4.69, 9.17) is 4.74 Å². The zero-order chi connectivity index (χ0) is 22.2. The Morgan fingerprint density at radius 1 is 1.06 bits per heavy atom. The number of imidazole rings is 1. The first-order valence-electron chi connectivity index (χ1n) is 10.4. The molecule has 1 fully saturated rings. The molecule has 8 heteroatoms. The van der Waals surface area contributed by atoms with Crippen LogP contribution in [0.25, 0.3) is 28.0 Å². The van der Waals surface area contributed by atoms with Gasteiger partial charge in [0.25, 0.3) is 0 Å². The number of carboxylic acid groups (broad SMARTS) is 1. The molecule has 1 aliphatic heterocycles. The molecule has 1 N–H and O–H groups in total. The number of ether oxygens (including phenoxy) is 1. The van der Waals surface area contributed by atoms with Gasteiger partial charge in [0.15, 0.2) is 5.65 Å². The molecular formula is C24H22N4O4. The average Bonchev–Trinajstić information content (AvgIpc) is 3.41. The second-order valence-corrected chi connectivity index (χ2v) is 7.78. The van der Waals surface area contributed by atoms with E-state index in [0.29, 0.717) is 24.1 Å². The number of methoxy groups -OCH3 is 1. The number of nitrogens with zero attached hydrogens (tertiary/aromatic N) is 4. The highest BCUT2D eigenvalue weighted by Gasteiger charge is 2.31. The van der Waals surface area contributed by atoms with Gasteiger partial charge in [-0.25, -0.2) is 14.6 Å². The second kappa shape index (κ2) is 7.88. The Labute approximate surface area is 183 Å². The van der Waals surface area contributed by atoms with Crippen LogP contribution in [0.3, 0.4) is 0 Å². The maximum atomic E-state index is 13.5. The molecule has 0 saturated carbocycles. The molecule has 0 bridgehead atoms. The summed E-state index contributed by atoms with van der Waals surface area (Å²) in [5, 5.41) is 9.30. The first kappa shape index (κ1) is 19.9. The number of likely N-dealkylation sites (tertiary alicyclic amines) is 1. The topological polar surface area (TPSA) is 89.6 Å². The standard InChI is InChI=1S/C24H22N4O4/c1-32-20-10-6-17(7-11-20)16-4-8-18(9-5-16)27-21-3-2-13-25-22(21)28(23(27)29)19-12-14-26(15-19)24(30)31/h2-11,13,19H,12,14-15H2,1H3,(H,30,31). The van der Waals surface area contributed by atoms with Crippen LogP contribution in [0, 0.1) is 0 Å². The number of amides is 1. The molecule has 1 unspecified atom stereocenters. The van der Waals surface area contributed by atoms with Gasteiger partial charge < -0.3 is 14.7 Å². The molecule has 0 radical (unpaired) electrons. The molecule has 2 aromatic heterocycles. The molecule has 1 aliphatic rings. The monoisotopic (exact) mass is 430 g/mol. The molecule has 162 valence electrons. The van der Waals surface area contributed by atoms with E-state index < -0.39 is 6.09 Å².